The lowest BCUT2D eigenvalue weighted by atomic mass is 10.1. The molecule has 1 N–H and O–H groups in total. The van der Waals surface area contributed by atoms with Crippen LogP contribution in [0, 0.1) is 6.92 Å². The van der Waals surface area contributed by atoms with Crippen molar-refractivity contribution in [2.75, 3.05) is 5.32 Å². The minimum atomic E-state index is -0.00544. The normalized spacial score (nSPS) is 10.8. The monoisotopic (exact) mass is 295 g/mol. The SMILES string of the molecule is Cc1ccc(NC(=O)CCCn2cncn2)c2cccnc12. The number of hydrogen-bond donors (Lipinski definition) is 1. The minimum absolute atomic E-state index is 0.00544. The molecule has 0 saturated heterocycles. The van der Waals surface area contributed by atoms with Crippen molar-refractivity contribution in [3.63, 3.8) is 0 Å². The van der Waals surface area contributed by atoms with Crippen LogP contribution in [0.1, 0.15) is 18.4 Å². The van der Waals surface area contributed by atoms with Gasteiger partial charge in [0.1, 0.15) is 12.7 Å². The fraction of sp³-hybridized carbons (Fsp3) is 0.250. The molecular weight excluding hydrogens is 278 g/mol. The maximum atomic E-state index is 12.1. The Morgan fingerprint density at radius 1 is 1.32 bits per heavy atom. The minimum Gasteiger partial charge on any atom is -0.325 e. The van der Waals surface area contributed by atoms with Crippen LogP contribution in [-0.4, -0.2) is 25.7 Å². The topological polar surface area (TPSA) is 72.7 Å². The molecular formula is C16H17N5O. The molecule has 112 valence electrons. The van der Waals surface area contributed by atoms with E-state index in [1.54, 1.807) is 17.2 Å². The van der Waals surface area contributed by atoms with Gasteiger partial charge < -0.3 is 5.32 Å². The molecule has 0 radical (unpaired) electrons. The highest BCUT2D eigenvalue weighted by molar-refractivity contribution is 6.01. The van der Waals surface area contributed by atoms with Crippen molar-refractivity contribution in [3.8, 4) is 0 Å². The van der Waals surface area contributed by atoms with Gasteiger partial charge in [0.2, 0.25) is 5.91 Å². The number of pyridine rings is 1. The van der Waals surface area contributed by atoms with Crippen molar-refractivity contribution in [1.82, 2.24) is 19.7 Å². The van der Waals surface area contributed by atoms with Gasteiger partial charge >= 0.3 is 0 Å². The van der Waals surface area contributed by atoms with E-state index in [4.69, 9.17) is 0 Å². The Kier molecular flexibility index (Phi) is 4.09. The fourth-order valence-corrected chi connectivity index (χ4v) is 2.39. The summed E-state index contributed by atoms with van der Waals surface area (Å²) in [6.45, 7) is 2.70. The van der Waals surface area contributed by atoms with Gasteiger partial charge in [0.15, 0.2) is 0 Å². The number of carbonyl (C=O) groups excluding carboxylic acids is 1. The molecule has 0 aliphatic heterocycles. The number of fused-ring (bicyclic) bond motifs is 1. The molecule has 0 saturated carbocycles. The summed E-state index contributed by atoms with van der Waals surface area (Å²) in [6, 6.07) is 7.75. The van der Waals surface area contributed by atoms with Crippen molar-refractivity contribution in [1.29, 1.82) is 0 Å². The van der Waals surface area contributed by atoms with Crippen molar-refractivity contribution in [3.05, 3.63) is 48.7 Å². The van der Waals surface area contributed by atoms with Crippen LogP contribution in [-0.2, 0) is 11.3 Å². The molecule has 1 amide bonds. The number of nitrogens with zero attached hydrogens (tertiary/aromatic N) is 4. The highest BCUT2D eigenvalue weighted by atomic mass is 16.1. The first-order valence-corrected chi connectivity index (χ1v) is 7.20. The van der Waals surface area contributed by atoms with Crippen LogP contribution >= 0.6 is 0 Å². The third-order valence-corrected chi connectivity index (χ3v) is 3.50. The van der Waals surface area contributed by atoms with Gasteiger partial charge in [-0.1, -0.05) is 6.07 Å². The van der Waals surface area contributed by atoms with E-state index in [1.165, 1.54) is 6.33 Å². The van der Waals surface area contributed by atoms with Crippen molar-refractivity contribution in [2.24, 2.45) is 0 Å². The molecule has 3 rings (SSSR count). The first-order valence-electron chi connectivity index (χ1n) is 7.20. The molecule has 0 spiro atoms. The molecule has 6 nitrogen and oxygen atoms in total. The third kappa shape index (κ3) is 3.11. The van der Waals surface area contributed by atoms with Crippen LogP contribution in [0.15, 0.2) is 43.1 Å². The second-order valence-corrected chi connectivity index (χ2v) is 5.14. The van der Waals surface area contributed by atoms with Crippen LogP contribution in [0.4, 0.5) is 5.69 Å². The van der Waals surface area contributed by atoms with Crippen LogP contribution in [0.3, 0.4) is 0 Å². The van der Waals surface area contributed by atoms with Crippen LogP contribution in [0.2, 0.25) is 0 Å². The van der Waals surface area contributed by atoms with E-state index in [0.29, 0.717) is 13.0 Å². The second kappa shape index (κ2) is 6.34. The Bertz CT molecular complexity index is 782. The first kappa shape index (κ1) is 14.2. The Labute approximate surface area is 128 Å². The Hall–Kier alpha value is -2.76. The van der Waals surface area contributed by atoms with E-state index in [9.17, 15) is 4.79 Å². The average molecular weight is 295 g/mol. The number of benzene rings is 1. The van der Waals surface area contributed by atoms with Crippen LogP contribution in [0.25, 0.3) is 10.9 Å². The number of hydrogen-bond acceptors (Lipinski definition) is 4. The highest BCUT2D eigenvalue weighted by Gasteiger charge is 2.08. The first-order chi connectivity index (χ1) is 10.7. The number of aromatic nitrogens is 4. The average Bonchev–Trinajstić information content (AvgIpc) is 3.04. The number of carbonyl (C=O) groups is 1. The molecule has 0 unspecified atom stereocenters. The summed E-state index contributed by atoms with van der Waals surface area (Å²) in [5.41, 5.74) is 2.82. The molecule has 22 heavy (non-hydrogen) atoms. The summed E-state index contributed by atoms with van der Waals surface area (Å²) < 4.78 is 1.72. The largest absolute Gasteiger partial charge is 0.325 e. The summed E-state index contributed by atoms with van der Waals surface area (Å²) in [7, 11) is 0. The van der Waals surface area contributed by atoms with E-state index in [2.05, 4.69) is 20.4 Å². The Morgan fingerprint density at radius 2 is 2.23 bits per heavy atom. The maximum absolute atomic E-state index is 12.1. The Morgan fingerprint density at radius 3 is 3.05 bits per heavy atom. The number of anilines is 1. The van der Waals surface area contributed by atoms with Gasteiger partial charge in [0.05, 0.1) is 11.2 Å². The molecule has 0 aliphatic carbocycles. The molecule has 0 bridgehead atoms. The van der Waals surface area contributed by atoms with Gasteiger partial charge in [-0.15, -0.1) is 0 Å². The van der Waals surface area contributed by atoms with E-state index in [1.807, 2.05) is 31.2 Å². The van der Waals surface area contributed by atoms with E-state index in [-0.39, 0.29) is 5.91 Å². The summed E-state index contributed by atoms with van der Waals surface area (Å²) in [4.78, 5) is 20.3. The van der Waals surface area contributed by atoms with Gasteiger partial charge in [0, 0.05) is 24.5 Å². The molecule has 0 aliphatic rings. The summed E-state index contributed by atoms with van der Waals surface area (Å²) in [6.07, 6.45) is 6.06. The molecule has 0 fully saturated rings. The molecule has 0 atom stereocenters. The fourth-order valence-electron chi connectivity index (χ4n) is 2.39. The summed E-state index contributed by atoms with van der Waals surface area (Å²) in [5.74, 6) is -0.00544. The van der Waals surface area contributed by atoms with Crippen molar-refractivity contribution >= 4 is 22.5 Å². The highest BCUT2D eigenvalue weighted by Crippen LogP contribution is 2.24. The molecule has 3 aromatic rings. The number of rotatable bonds is 5. The van der Waals surface area contributed by atoms with Crippen LogP contribution < -0.4 is 5.32 Å². The lowest BCUT2D eigenvalue weighted by Crippen LogP contribution is -2.13. The number of amides is 1. The lowest BCUT2D eigenvalue weighted by molar-refractivity contribution is -0.116. The lowest BCUT2D eigenvalue weighted by Gasteiger charge is -2.10. The van der Waals surface area contributed by atoms with Gasteiger partial charge in [-0.25, -0.2) is 4.98 Å². The van der Waals surface area contributed by atoms with E-state index >= 15 is 0 Å². The maximum Gasteiger partial charge on any atom is 0.224 e. The van der Waals surface area contributed by atoms with E-state index < -0.39 is 0 Å². The van der Waals surface area contributed by atoms with Gasteiger partial charge in [-0.3, -0.25) is 14.5 Å². The van der Waals surface area contributed by atoms with Gasteiger partial charge in [0.25, 0.3) is 0 Å². The quantitative estimate of drug-likeness (QED) is 0.785. The zero-order valence-corrected chi connectivity index (χ0v) is 12.4. The number of aryl methyl sites for hydroxylation is 2. The standard InChI is InChI=1S/C16H17N5O/c1-12-6-7-14(13-4-2-8-18-16(12)13)20-15(22)5-3-9-21-11-17-10-19-21/h2,4,6-8,10-11H,3,5,9H2,1H3,(H,20,22). The Balaban J connectivity index is 1.65. The van der Waals surface area contributed by atoms with E-state index in [0.717, 1.165) is 28.6 Å². The van der Waals surface area contributed by atoms with Crippen LogP contribution in [0.5, 0.6) is 0 Å². The molecule has 2 heterocycles. The zero-order valence-electron chi connectivity index (χ0n) is 12.4. The van der Waals surface area contributed by atoms with Gasteiger partial charge in [-0.2, -0.15) is 5.10 Å². The summed E-state index contributed by atoms with van der Waals surface area (Å²) in [5, 5.41) is 7.95. The molecule has 6 heteroatoms. The summed E-state index contributed by atoms with van der Waals surface area (Å²) >= 11 is 0. The second-order valence-electron chi connectivity index (χ2n) is 5.14. The molecule has 2 aromatic heterocycles. The predicted octanol–water partition coefficient (Wildman–Crippen LogP) is 2.55. The third-order valence-electron chi connectivity index (χ3n) is 3.50. The van der Waals surface area contributed by atoms with Crippen molar-refractivity contribution < 1.29 is 4.79 Å². The number of nitrogens with one attached hydrogen (secondary N) is 1. The zero-order chi connectivity index (χ0) is 15.4. The smallest absolute Gasteiger partial charge is 0.224 e. The molecule has 1 aromatic carbocycles. The predicted molar refractivity (Wildman–Crippen MR) is 84.4 cm³/mol. The van der Waals surface area contributed by atoms with Crippen molar-refractivity contribution in [2.45, 2.75) is 26.3 Å². The van der Waals surface area contributed by atoms with Gasteiger partial charge in [-0.05, 0) is 37.1 Å².